The molecule has 0 aliphatic carbocycles. The van der Waals surface area contributed by atoms with E-state index in [-0.39, 0.29) is 5.56 Å². The lowest BCUT2D eigenvalue weighted by Crippen LogP contribution is -2.27. The molecule has 0 atom stereocenters. The summed E-state index contributed by atoms with van der Waals surface area (Å²) in [5.74, 6) is -0.399. The molecule has 0 saturated carbocycles. The van der Waals surface area contributed by atoms with Gasteiger partial charge in [0.2, 0.25) is 0 Å². The van der Waals surface area contributed by atoms with E-state index in [1.165, 1.54) is 5.56 Å². The number of rotatable bonds is 4. The average molecular weight is 372 g/mol. The molecular weight excluding hydrogens is 352 g/mol. The van der Waals surface area contributed by atoms with Gasteiger partial charge in [-0.2, -0.15) is 0 Å². The van der Waals surface area contributed by atoms with E-state index < -0.39 is 27.1 Å². The van der Waals surface area contributed by atoms with Crippen molar-refractivity contribution in [3.05, 3.63) is 79.9 Å². The van der Waals surface area contributed by atoms with Crippen LogP contribution in [0.1, 0.15) is 28.8 Å². The Kier molecular flexibility index (Phi) is 6.95. The SMILES string of the molecule is NCc1ccccc1.O=C(c1cc([N+](=O)[O-])cc([N+](=O)[O-])c1)N1CCCC1. The molecular formula is C18H20N4O5. The minimum Gasteiger partial charge on any atom is -0.339 e. The lowest BCUT2D eigenvalue weighted by Gasteiger charge is -2.14. The first-order chi connectivity index (χ1) is 12.9. The van der Waals surface area contributed by atoms with Crippen LogP contribution in [0.2, 0.25) is 0 Å². The Balaban J connectivity index is 0.000000273. The van der Waals surface area contributed by atoms with Crippen molar-refractivity contribution in [3.63, 3.8) is 0 Å². The first-order valence-corrected chi connectivity index (χ1v) is 8.39. The van der Waals surface area contributed by atoms with Crippen LogP contribution in [0.5, 0.6) is 0 Å². The third-order valence-corrected chi connectivity index (χ3v) is 4.04. The van der Waals surface area contributed by atoms with Gasteiger partial charge in [0.1, 0.15) is 0 Å². The minimum atomic E-state index is -0.742. The number of benzene rings is 2. The van der Waals surface area contributed by atoms with E-state index in [9.17, 15) is 25.0 Å². The summed E-state index contributed by atoms with van der Waals surface area (Å²) < 4.78 is 0. The Morgan fingerprint density at radius 3 is 1.89 bits per heavy atom. The molecule has 142 valence electrons. The zero-order valence-corrected chi connectivity index (χ0v) is 14.6. The normalized spacial score (nSPS) is 12.9. The highest BCUT2D eigenvalue weighted by Crippen LogP contribution is 2.24. The molecule has 0 aromatic heterocycles. The van der Waals surface area contributed by atoms with Crippen LogP contribution in [0.3, 0.4) is 0 Å². The molecule has 0 bridgehead atoms. The highest BCUT2D eigenvalue weighted by atomic mass is 16.6. The predicted octanol–water partition coefficient (Wildman–Crippen LogP) is 2.88. The van der Waals surface area contributed by atoms with Crippen molar-refractivity contribution in [1.29, 1.82) is 0 Å². The van der Waals surface area contributed by atoms with Crippen LogP contribution in [0.25, 0.3) is 0 Å². The summed E-state index contributed by atoms with van der Waals surface area (Å²) in [6.07, 6.45) is 1.76. The average Bonchev–Trinajstić information content (AvgIpc) is 3.23. The molecule has 0 radical (unpaired) electrons. The second-order valence-electron chi connectivity index (χ2n) is 5.94. The summed E-state index contributed by atoms with van der Waals surface area (Å²) in [5.41, 5.74) is 5.63. The predicted molar refractivity (Wildman–Crippen MR) is 99.2 cm³/mol. The summed E-state index contributed by atoms with van der Waals surface area (Å²) in [6, 6.07) is 13.0. The van der Waals surface area contributed by atoms with E-state index in [1.54, 1.807) is 4.90 Å². The van der Waals surface area contributed by atoms with Gasteiger partial charge in [0, 0.05) is 31.8 Å². The lowest BCUT2D eigenvalue weighted by atomic mass is 10.1. The topological polar surface area (TPSA) is 133 Å². The number of carbonyl (C=O) groups is 1. The number of nitrogens with two attached hydrogens (primary N) is 1. The van der Waals surface area contributed by atoms with Crippen LogP contribution < -0.4 is 5.73 Å². The molecule has 0 unspecified atom stereocenters. The molecule has 1 amide bonds. The van der Waals surface area contributed by atoms with Gasteiger partial charge in [0.15, 0.2) is 0 Å². The Labute approximate surface area is 155 Å². The number of hydrogen-bond acceptors (Lipinski definition) is 6. The van der Waals surface area contributed by atoms with Crippen LogP contribution in [-0.4, -0.2) is 33.7 Å². The van der Waals surface area contributed by atoms with Crippen LogP contribution in [0.15, 0.2) is 48.5 Å². The standard InChI is InChI=1S/C11H11N3O5.C7H9N/c15-11(12-3-1-2-4-12)8-5-9(13(16)17)7-10(6-8)14(18)19;8-6-7-4-2-1-3-5-7/h5-7H,1-4H2;1-5H,6,8H2. The molecule has 0 spiro atoms. The second kappa shape index (κ2) is 9.39. The molecule has 2 aromatic rings. The van der Waals surface area contributed by atoms with Gasteiger partial charge < -0.3 is 10.6 Å². The first-order valence-electron chi connectivity index (χ1n) is 8.39. The first kappa shape index (κ1) is 20.0. The van der Waals surface area contributed by atoms with Crippen LogP contribution in [-0.2, 0) is 6.54 Å². The molecule has 9 heteroatoms. The fraction of sp³-hybridized carbons (Fsp3) is 0.278. The molecule has 1 aliphatic heterocycles. The monoisotopic (exact) mass is 372 g/mol. The van der Waals surface area contributed by atoms with Gasteiger partial charge in [-0.15, -0.1) is 0 Å². The van der Waals surface area contributed by atoms with Gasteiger partial charge in [0.05, 0.1) is 21.5 Å². The maximum atomic E-state index is 12.1. The Hall–Kier alpha value is -3.33. The number of nitro benzene ring substituents is 2. The molecule has 2 aromatic carbocycles. The number of amides is 1. The van der Waals surface area contributed by atoms with Gasteiger partial charge in [0.25, 0.3) is 17.3 Å². The van der Waals surface area contributed by atoms with Gasteiger partial charge >= 0.3 is 0 Å². The summed E-state index contributed by atoms with van der Waals surface area (Å²) in [7, 11) is 0. The van der Waals surface area contributed by atoms with Crippen molar-refractivity contribution in [2.75, 3.05) is 13.1 Å². The highest BCUT2D eigenvalue weighted by Gasteiger charge is 2.24. The summed E-state index contributed by atoms with van der Waals surface area (Å²) in [4.78, 5) is 33.6. The summed E-state index contributed by atoms with van der Waals surface area (Å²) in [5, 5.41) is 21.5. The zero-order chi connectivity index (χ0) is 19.8. The van der Waals surface area contributed by atoms with Crippen LogP contribution >= 0.6 is 0 Å². The van der Waals surface area contributed by atoms with Gasteiger partial charge in [-0.25, -0.2) is 0 Å². The van der Waals surface area contributed by atoms with Crippen molar-refractivity contribution in [2.24, 2.45) is 5.73 Å². The van der Waals surface area contributed by atoms with E-state index in [0.717, 1.165) is 31.0 Å². The number of nitrogens with zero attached hydrogens (tertiary/aromatic N) is 3. The Morgan fingerprint density at radius 1 is 0.963 bits per heavy atom. The van der Waals surface area contributed by atoms with Crippen molar-refractivity contribution >= 4 is 17.3 Å². The largest absolute Gasteiger partial charge is 0.339 e. The van der Waals surface area contributed by atoms with Crippen molar-refractivity contribution in [1.82, 2.24) is 4.90 Å². The van der Waals surface area contributed by atoms with E-state index in [4.69, 9.17) is 5.73 Å². The van der Waals surface area contributed by atoms with Crippen LogP contribution in [0, 0.1) is 20.2 Å². The molecule has 27 heavy (non-hydrogen) atoms. The number of hydrogen-bond donors (Lipinski definition) is 1. The molecule has 9 nitrogen and oxygen atoms in total. The van der Waals surface area contributed by atoms with E-state index in [0.29, 0.717) is 19.6 Å². The maximum absolute atomic E-state index is 12.1. The molecule has 3 rings (SSSR count). The smallest absolute Gasteiger partial charge is 0.277 e. The van der Waals surface area contributed by atoms with Gasteiger partial charge in [-0.3, -0.25) is 25.0 Å². The van der Waals surface area contributed by atoms with Crippen molar-refractivity contribution < 1.29 is 14.6 Å². The summed E-state index contributed by atoms with van der Waals surface area (Å²) >= 11 is 0. The van der Waals surface area contributed by atoms with Crippen molar-refractivity contribution in [2.45, 2.75) is 19.4 Å². The summed E-state index contributed by atoms with van der Waals surface area (Å²) in [6.45, 7) is 1.80. The zero-order valence-electron chi connectivity index (χ0n) is 14.6. The fourth-order valence-electron chi connectivity index (χ4n) is 2.65. The van der Waals surface area contributed by atoms with Crippen LogP contribution in [0.4, 0.5) is 11.4 Å². The lowest BCUT2D eigenvalue weighted by molar-refractivity contribution is -0.394. The Morgan fingerprint density at radius 2 is 1.48 bits per heavy atom. The van der Waals surface area contributed by atoms with Gasteiger partial charge in [-0.05, 0) is 18.4 Å². The number of carbonyl (C=O) groups excluding carboxylic acids is 1. The van der Waals surface area contributed by atoms with Gasteiger partial charge in [-0.1, -0.05) is 30.3 Å². The number of nitro groups is 2. The number of likely N-dealkylation sites (tertiary alicyclic amines) is 1. The quantitative estimate of drug-likeness (QED) is 0.648. The second-order valence-corrected chi connectivity index (χ2v) is 5.94. The minimum absolute atomic E-state index is 0.0113. The van der Waals surface area contributed by atoms with E-state index >= 15 is 0 Å². The molecule has 1 heterocycles. The third kappa shape index (κ3) is 5.58. The Bertz CT molecular complexity index is 788. The molecule has 1 fully saturated rings. The molecule has 1 aliphatic rings. The highest BCUT2D eigenvalue weighted by molar-refractivity contribution is 5.95. The molecule has 1 saturated heterocycles. The molecule has 2 N–H and O–H groups in total. The van der Waals surface area contributed by atoms with E-state index in [1.807, 2.05) is 30.3 Å². The van der Waals surface area contributed by atoms with Crippen molar-refractivity contribution in [3.8, 4) is 0 Å². The third-order valence-electron chi connectivity index (χ3n) is 4.04. The van der Waals surface area contributed by atoms with E-state index in [2.05, 4.69) is 0 Å². The number of non-ortho nitro benzene ring substituents is 2. The maximum Gasteiger partial charge on any atom is 0.277 e. The fourth-order valence-corrected chi connectivity index (χ4v) is 2.65.